The van der Waals surface area contributed by atoms with E-state index in [2.05, 4.69) is 6.92 Å². The van der Waals surface area contributed by atoms with Gasteiger partial charge >= 0.3 is 0 Å². The van der Waals surface area contributed by atoms with Crippen LogP contribution in [0.25, 0.3) is 0 Å². The normalized spacial score (nSPS) is 13.3. The Bertz CT molecular complexity index is 29.4. The van der Waals surface area contributed by atoms with Crippen molar-refractivity contribution < 1.29 is 4.43 Å². The summed E-state index contributed by atoms with van der Waals surface area (Å²) in [5.41, 5.74) is 0. The Labute approximate surface area is 52.6 Å². The molecule has 0 radical (unpaired) electrons. The molecule has 1 nitrogen and oxygen atoms in total. The predicted molar refractivity (Wildman–Crippen MR) is 43.3 cm³/mol. The lowest BCUT2D eigenvalue weighted by Crippen LogP contribution is -2.08. The molecular weight excluding hydrogens is 136 g/mol. The molecule has 0 amide bonds. The van der Waals surface area contributed by atoms with Gasteiger partial charge < -0.3 is 4.43 Å². The van der Waals surface area contributed by atoms with Gasteiger partial charge in [-0.3, -0.25) is 0 Å². The Morgan fingerprint density at radius 1 is 1.71 bits per heavy atom. The Balaban J connectivity index is 2.45. The van der Waals surface area contributed by atoms with Gasteiger partial charge in [0.05, 0.1) is 0 Å². The minimum absolute atomic E-state index is 0.111. The van der Waals surface area contributed by atoms with Gasteiger partial charge in [0, 0.05) is 15.2 Å². The van der Waals surface area contributed by atoms with Crippen molar-refractivity contribution in [2.75, 3.05) is 6.61 Å². The summed E-state index contributed by atoms with van der Waals surface area (Å²) >= 11 is 0. The SMILES string of the molecule is CCCO[SiH2][SiH2][SiH3]. The summed E-state index contributed by atoms with van der Waals surface area (Å²) in [4.78, 5) is 0. The van der Waals surface area contributed by atoms with Crippen molar-refractivity contribution in [2.24, 2.45) is 0 Å². The Hall–Kier alpha value is 0.611. The van der Waals surface area contributed by atoms with Crippen LogP contribution < -0.4 is 0 Å². The van der Waals surface area contributed by atoms with Crippen molar-refractivity contribution in [2.45, 2.75) is 13.3 Å². The predicted octanol–water partition coefficient (Wildman–Crippen LogP) is -2.14. The number of hydrogen-bond acceptors (Lipinski definition) is 1. The van der Waals surface area contributed by atoms with Gasteiger partial charge in [-0.2, -0.15) is 0 Å². The molecule has 0 heterocycles. The summed E-state index contributed by atoms with van der Waals surface area (Å²) in [6, 6.07) is 0. The molecule has 0 aromatic carbocycles. The molecular formula is C3H14OSi3. The van der Waals surface area contributed by atoms with Crippen molar-refractivity contribution in [3.63, 3.8) is 0 Å². The van der Waals surface area contributed by atoms with Gasteiger partial charge in [-0.05, 0) is 16.2 Å². The fraction of sp³-hybridized carbons (Fsp3) is 1.00. The first-order valence-corrected chi connectivity index (χ1v) is 13.2. The van der Waals surface area contributed by atoms with Crippen LogP contribution in [0.1, 0.15) is 13.3 Å². The zero-order chi connectivity index (χ0) is 5.54. The average Bonchev–Trinajstić information content (AvgIpc) is 1.69. The maximum Gasteiger partial charge on any atom is 0.140 e. The molecule has 0 aromatic heterocycles. The molecule has 0 N–H and O–H groups in total. The number of rotatable bonds is 4. The zero-order valence-electron chi connectivity index (χ0n) is 5.24. The molecule has 0 aliphatic carbocycles. The van der Waals surface area contributed by atoms with Gasteiger partial charge in [0.1, 0.15) is 9.28 Å². The monoisotopic (exact) mass is 150 g/mol. The van der Waals surface area contributed by atoms with E-state index in [9.17, 15) is 0 Å². The van der Waals surface area contributed by atoms with Crippen LogP contribution in [0.4, 0.5) is 0 Å². The van der Waals surface area contributed by atoms with E-state index in [0.29, 0.717) is 8.55 Å². The summed E-state index contributed by atoms with van der Waals surface area (Å²) in [7, 11) is 2.04. The second kappa shape index (κ2) is 6.61. The summed E-state index contributed by atoms with van der Waals surface area (Å²) in [6.45, 7) is 3.21. The molecule has 0 unspecified atom stereocenters. The van der Waals surface area contributed by atoms with Gasteiger partial charge in [-0.15, -0.1) is 0 Å². The molecule has 7 heavy (non-hydrogen) atoms. The summed E-state index contributed by atoms with van der Waals surface area (Å²) in [5.74, 6) is 0. The van der Waals surface area contributed by atoms with Gasteiger partial charge in [0.2, 0.25) is 0 Å². The van der Waals surface area contributed by atoms with Crippen LogP contribution in [0, 0.1) is 0 Å². The molecule has 0 aromatic rings. The first-order chi connectivity index (χ1) is 3.41. The summed E-state index contributed by atoms with van der Waals surface area (Å²) < 4.78 is 5.37. The first kappa shape index (κ1) is 7.61. The van der Waals surface area contributed by atoms with E-state index in [1.807, 2.05) is 0 Å². The van der Waals surface area contributed by atoms with E-state index in [0.717, 1.165) is 6.61 Å². The van der Waals surface area contributed by atoms with E-state index in [1.54, 1.807) is 0 Å². The largest absolute Gasteiger partial charge is 0.428 e. The molecule has 0 bridgehead atoms. The van der Waals surface area contributed by atoms with Crippen LogP contribution in [0.15, 0.2) is 0 Å². The molecule has 0 atom stereocenters. The molecule has 0 fully saturated rings. The zero-order valence-corrected chi connectivity index (χ0v) is 10.1. The molecule has 0 aliphatic rings. The van der Waals surface area contributed by atoms with Crippen molar-refractivity contribution in [3.8, 4) is 0 Å². The molecule has 0 spiro atoms. The summed E-state index contributed by atoms with van der Waals surface area (Å²) in [6.07, 6.45) is 1.21. The van der Waals surface area contributed by atoms with Crippen molar-refractivity contribution >= 4 is 27.6 Å². The fourth-order valence-corrected chi connectivity index (χ4v) is 5.25. The van der Waals surface area contributed by atoms with E-state index < -0.39 is 0 Å². The lowest BCUT2D eigenvalue weighted by molar-refractivity contribution is 0.344. The van der Waals surface area contributed by atoms with Crippen molar-refractivity contribution in [1.29, 1.82) is 0 Å². The minimum Gasteiger partial charge on any atom is -0.428 e. The minimum atomic E-state index is 0.111. The maximum absolute atomic E-state index is 5.37. The third-order valence-electron chi connectivity index (χ3n) is 0.697. The van der Waals surface area contributed by atoms with E-state index in [1.165, 1.54) is 16.2 Å². The lowest BCUT2D eigenvalue weighted by Gasteiger charge is -1.94. The quantitative estimate of drug-likeness (QED) is 0.328. The highest BCUT2D eigenvalue weighted by Crippen LogP contribution is 1.73. The highest BCUT2D eigenvalue weighted by Gasteiger charge is 1.80. The average molecular weight is 150 g/mol. The summed E-state index contributed by atoms with van der Waals surface area (Å²) in [5, 5.41) is 0. The standard InChI is InChI=1S/C3H14OSi3/c1-2-3-4-6-7-5/h2-3,6-7H2,1,5H3. The highest BCUT2D eigenvalue weighted by molar-refractivity contribution is 7.21. The lowest BCUT2D eigenvalue weighted by atomic mass is 10.5. The highest BCUT2D eigenvalue weighted by atomic mass is 29.5. The van der Waals surface area contributed by atoms with E-state index >= 15 is 0 Å². The smallest absolute Gasteiger partial charge is 0.140 e. The van der Waals surface area contributed by atoms with Crippen LogP contribution in [0.3, 0.4) is 0 Å². The topological polar surface area (TPSA) is 9.23 Å². The van der Waals surface area contributed by atoms with Crippen LogP contribution in [0.2, 0.25) is 0 Å². The third-order valence-corrected chi connectivity index (χ3v) is 7.45. The Kier molecular flexibility index (Phi) is 7.19. The molecule has 0 saturated heterocycles. The first-order valence-electron chi connectivity index (χ1n) is 2.99. The Morgan fingerprint density at radius 3 is 2.86 bits per heavy atom. The van der Waals surface area contributed by atoms with E-state index in [4.69, 9.17) is 4.43 Å². The van der Waals surface area contributed by atoms with Gasteiger partial charge in [-0.1, -0.05) is 6.92 Å². The van der Waals surface area contributed by atoms with Crippen LogP contribution in [-0.4, -0.2) is 34.2 Å². The molecule has 0 rings (SSSR count). The van der Waals surface area contributed by atoms with Gasteiger partial charge in [0.25, 0.3) is 0 Å². The third kappa shape index (κ3) is 6.61. The second-order valence-electron chi connectivity index (χ2n) is 1.61. The molecule has 4 heteroatoms. The fourth-order valence-electron chi connectivity index (χ4n) is 0.391. The van der Waals surface area contributed by atoms with Crippen LogP contribution in [0.5, 0.6) is 0 Å². The maximum atomic E-state index is 5.37. The Morgan fingerprint density at radius 2 is 2.43 bits per heavy atom. The van der Waals surface area contributed by atoms with Crippen LogP contribution in [-0.2, 0) is 4.43 Å². The molecule has 0 aliphatic heterocycles. The van der Waals surface area contributed by atoms with Crippen molar-refractivity contribution in [1.82, 2.24) is 0 Å². The van der Waals surface area contributed by atoms with Gasteiger partial charge in [0.15, 0.2) is 0 Å². The van der Waals surface area contributed by atoms with E-state index in [-0.39, 0.29) is 9.28 Å². The second-order valence-corrected chi connectivity index (χ2v) is 16.7. The molecule has 0 saturated carbocycles. The number of hydrogen-bond donors (Lipinski definition) is 0. The molecule has 44 valence electrons. The van der Waals surface area contributed by atoms with Crippen molar-refractivity contribution in [3.05, 3.63) is 0 Å². The van der Waals surface area contributed by atoms with Crippen LogP contribution >= 0.6 is 0 Å². The van der Waals surface area contributed by atoms with Gasteiger partial charge in [-0.25, -0.2) is 0 Å².